The third kappa shape index (κ3) is 2.30. The standard InChI is InChI=1S/C17H17N3O2/c1-11-4-6-15-13(10-11)8-9-20(15)17-14(5-7-16(21)22)12(2)18-19(17)3/h4-10H,1-3H3,(H,21,22). The highest BCUT2D eigenvalue weighted by molar-refractivity contribution is 5.87. The molecule has 1 N–H and O–H groups in total. The van der Waals surface area contributed by atoms with Gasteiger partial charge in [-0.2, -0.15) is 5.10 Å². The van der Waals surface area contributed by atoms with Crippen molar-refractivity contribution in [3.63, 3.8) is 0 Å². The zero-order valence-electron chi connectivity index (χ0n) is 12.7. The lowest BCUT2D eigenvalue weighted by molar-refractivity contribution is -0.131. The molecule has 2 aromatic heterocycles. The first-order valence-corrected chi connectivity index (χ1v) is 7.00. The van der Waals surface area contributed by atoms with Gasteiger partial charge in [-0.3, -0.25) is 4.68 Å². The van der Waals surface area contributed by atoms with Crippen LogP contribution in [-0.2, 0) is 11.8 Å². The number of nitrogens with zero attached hydrogens (tertiary/aromatic N) is 3. The molecule has 0 bridgehead atoms. The Labute approximate surface area is 128 Å². The Morgan fingerprint density at radius 3 is 2.77 bits per heavy atom. The molecule has 2 heterocycles. The monoisotopic (exact) mass is 295 g/mol. The maximum atomic E-state index is 10.8. The van der Waals surface area contributed by atoms with E-state index < -0.39 is 5.97 Å². The number of aromatic nitrogens is 3. The van der Waals surface area contributed by atoms with Gasteiger partial charge in [-0.25, -0.2) is 4.79 Å². The number of aryl methyl sites for hydroxylation is 3. The minimum Gasteiger partial charge on any atom is -0.478 e. The summed E-state index contributed by atoms with van der Waals surface area (Å²) < 4.78 is 3.81. The van der Waals surface area contributed by atoms with E-state index in [1.165, 1.54) is 5.56 Å². The molecule has 1 aromatic carbocycles. The van der Waals surface area contributed by atoms with Crippen LogP contribution in [0.3, 0.4) is 0 Å². The largest absolute Gasteiger partial charge is 0.478 e. The molecular weight excluding hydrogens is 278 g/mol. The van der Waals surface area contributed by atoms with Crippen LogP contribution in [-0.4, -0.2) is 25.4 Å². The fourth-order valence-electron chi connectivity index (χ4n) is 2.74. The molecule has 5 heteroatoms. The van der Waals surface area contributed by atoms with Crippen LogP contribution in [0.4, 0.5) is 0 Å². The highest BCUT2D eigenvalue weighted by atomic mass is 16.4. The average Bonchev–Trinajstić information content (AvgIpc) is 2.96. The van der Waals surface area contributed by atoms with Crippen molar-refractivity contribution in [2.75, 3.05) is 0 Å². The number of fused-ring (bicyclic) bond motifs is 1. The van der Waals surface area contributed by atoms with Gasteiger partial charge in [-0.05, 0) is 38.1 Å². The summed E-state index contributed by atoms with van der Waals surface area (Å²) in [4.78, 5) is 10.8. The van der Waals surface area contributed by atoms with E-state index >= 15 is 0 Å². The number of aliphatic carboxylic acids is 1. The highest BCUT2D eigenvalue weighted by Gasteiger charge is 2.15. The second-order valence-corrected chi connectivity index (χ2v) is 5.37. The molecule has 3 rings (SSSR count). The predicted octanol–water partition coefficient (Wildman–Crippen LogP) is 3.08. The van der Waals surface area contributed by atoms with E-state index in [1.54, 1.807) is 10.8 Å². The van der Waals surface area contributed by atoms with Crippen LogP contribution in [0.5, 0.6) is 0 Å². The minimum atomic E-state index is -0.970. The van der Waals surface area contributed by atoms with Gasteiger partial charge in [0.25, 0.3) is 0 Å². The van der Waals surface area contributed by atoms with Crippen LogP contribution in [0, 0.1) is 13.8 Å². The Balaban J connectivity index is 2.24. The van der Waals surface area contributed by atoms with Crippen molar-refractivity contribution in [2.45, 2.75) is 13.8 Å². The molecule has 0 aliphatic heterocycles. The van der Waals surface area contributed by atoms with Crippen LogP contribution in [0.1, 0.15) is 16.8 Å². The number of carbonyl (C=O) groups is 1. The Morgan fingerprint density at radius 1 is 1.27 bits per heavy atom. The van der Waals surface area contributed by atoms with Gasteiger partial charge in [0.1, 0.15) is 5.82 Å². The molecule has 0 fully saturated rings. The molecule has 0 amide bonds. The van der Waals surface area contributed by atoms with Gasteiger partial charge < -0.3 is 9.67 Å². The van der Waals surface area contributed by atoms with Crippen LogP contribution in [0.15, 0.2) is 36.5 Å². The molecule has 112 valence electrons. The Morgan fingerprint density at radius 2 is 2.05 bits per heavy atom. The number of rotatable bonds is 3. The summed E-state index contributed by atoms with van der Waals surface area (Å²) in [5.74, 6) is -0.115. The van der Waals surface area contributed by atoms with E-state index in [0.29, 0.717) is 0 Å². The molecule has 0 aliphatic rings. The second kappa shape index (κ2) is 5.18. The third-order valence-electron chi connectivity index (χ3n) is 3.70. The number of benzene rings is 1. The number of carboxylic acids is 1. The average molecular weight is 295 g/mol. The van der Waals surface area contributed by atoms with Crippen molar-refractivity contribution in [3.8, 4) is 5.82 Å². The van der Waals surface area contributed by atoms with Crippen molar-refractivity contribution in [3.05, 3.63) is 53.4 Å². The highest BCUT2D eigenvalue weighted by Crippen LogP contribution is 2.26. The lowest BCUT2D eigenvalue weighted by Crippen LogP contribution is -2.03. The molecule has 3 aromatic rings. The van der Waals surface area contributed by atoms with Crippen molar-refractivity contribution in [1.29, 1.82) is 0 Å². The summed E-state index contributed by atoms with van der Waals surface area (Å²) in [6, 6.07) is 8.31. The van der Waals surface area contributed by atoms with Crippen LogP contribution < -0.4 is 0 Å². The van der Waals surface area contributed by atoms with Crippen LogP contribution in [0.2, 0.25) is 0 Å². The number of carboxylic acid groups (broad SMARTS) is 1. The summed E-state index contributed by atoms with van der Waals surface area (Å²) in [5, 5.41) is 14.4. The SMILES string of the molecule is Cc1ccc2c(ccn2-c2c(C=CC(=O)O)c(C)nn2C)c1. The minimum absolute atomic E-state index is 0.795. The normalized spacial score (nSPS) is 11.6. The first-order valence-electron chi connectivity index (χ1n) is 7.00. The van der Waals surface area contributed by atoms with E-state index in [1.807, 2.05) is 24.7 Å². The topological polar surface area (TPSA) is 60.1 Å². The number of hydrogen-bond acceptors (Lipinski definition) is 2. The van der Waals surface area contributed by atoms with Crippen molar-refractivity contribution < 1.29 is 9.90 Å². The molecular formula is C17H17N3O2. The second-order valence-electron chi connectivity index (χ2n) is 5.37. The van der Waals surface area contributed by atoms with E-state index in [2.05, 4.69) is 36.3 Å². The van der Waals surface area contributed by atoms with Gasteiger partial charge in [0.2, 0.25) is 0 Å². The van der Waals surface area contributed by atoms with Gasteiger partial charge in [0, 0.05) is 30.3 Å². The zero-order chi connectivity index (χ0) is 15.9. The molecule has 0 unspecified atom stereocenters. The molecule has 5 nitrogen and oxygen atoms in total. The fourth-order valence-corrected chi connectivity index (χ4v) is 2.74. The lowest BCUT2D eigenvalue weighted by atomic mass is 10.2. The quantitative estimate of drug-likeness (QED) is 0.755. The van der Waals surface area contributed by atoms with Crippen molar-refractivity contribution in [2.24, 2.45) is 7.05 Å². The summed E-state index contributed by atoms with van der Waals surface area (Å²) in [7, 11) is 1.86. The van der Waals surface area contributed by atoms with Crippen LogP contribution in [0.25, 0.3) is 22.8 Å². The third-order valence-corrected chi connectivity index (χ3v) is 3.70. The lowest BCUT2D eigenvalue weighted by Gasteiger charge is -2.08. The molecule has 0 aliphatic carbocycles. The van der Waals surface area contributed by atoms with Crippen molar-refractivity contribution >= 4 is 22.9 Å². The molecule has 0 spiro atoms. The number of hydrogen-bond donors (Lipinski definition) is 1. The van der Waals surface area contributed by atoms with Gasteiger partial charge in [-0.1, -0.05) is 11.6 Å². The summed E-state index contributed by atoms with van der Waals surface area (Å²) >= 11 is 0. The van der Waals surface area contributed by atoms with E-state index in [-0.39, 0.29) is 0 Å². The molecule has 0 saturated heterocycles. The Bertz CT molecular complexity index is 900. The first-order chi connectivity index (χ1) is 10.5. The summed E-state index contributed by atoms with van der Waals surface area (Å²) in [6.45, 7) is 3.94. The van der Waals surface area contributed by atoms with Crippen molar-refractivity contribution in [1.82, 2.24) is 14.3 Å². The smallest absolute Gasteiger partial charge is 0.328 e. The van der Waals surface area contributed by atoms with Gasteiger partial charge in [-0.15, -0.1) is 0 Å². The first kappa shape index (κ1) is 14.1. The fraction of sp³-hybridized carbons (Fsp3) is 0.176. The van der Waals surface area contributed by atoms with Gasteiger partial charge in [0.05, 0.1) is 11.2 Å². The Hall–Kier alpha value is -2.82. The summed E-state index contributed by atoms with van der Waals surface area (Å²) in [5.41, 5.74) is 3.88. The summed E-state index contributed by atoms with van der Waals surface area (Å²) in [6.07, 6.45) is 4.72. The molecule has 22 heavy (non-hydrogen) atoms. The van der Waals surface area contributed by atoms with Crippen LogP contribution >= 0.6 is 0 Å². The Kier molecular flexibility index (Phi) is 3.33. The molecule has 0 radical (unpaired) electrons. The van der Waals surface area contributed by atoms with Gasteiger partial charge >= 0.3 is 5.97 Å². The van der Waals surface area contributed by atoms with E-state index in [4.69, 9.17) is 5.11 Å². The maximum Gasteiger partial charge on any atom is 0.328 e. The van der Waals surface area contributed by atoms with E-state index in [0.717, 1.165) is 34.1 Å². The molecule has 0 saturated carbocycles. The molecule has 0 atom stereocenters. The predicted molar refractivity (Wildman–Crippen MR) is 86.2 cm³/mol. The maximum absolute atomic E-state index is 10.8. The van der Waals surface area contributed by atoms with Gasteiger partial charge in [0.15, 0.2) is 0 Å². The zero-order valence-corrected chi connectivity index (χ0v) is 12.7. The van der Waals surface area contributed by atoms with E-state index in [9.17, 15) is 4.79 Å².